The van der Waals surface area contributed by atoms with Crippen LogP contribution >= 0.6 is 23.2 Å². The first-order valence-electron chi connectivity index (χ1n) is 8.06. The van der Waals surface area contributed by atoms with Gasteiger partial charge in [0, 0.05) is 28.9 Å². The molecule has 0 aliphatic rings. The summed E-state index contributed by atoms with van der Waals surface area (Å²) in [5.41, 5.74) is 1.93. The Kier molecular flexibility index (Phi) is 4.71. The van der Waals surface area contributed by atoms with Crippen LogP contribution in [-0.2, 0) is 0 Å². The molecule has 4 rings (SSSR count). The Morgan fingerprint density at radius 2 is 1.89 bits per heavy atom. The van der Waals surface area contributed by atoms with Crippen LogP contribution in [0.2, 0.25) is 10.0 Å². The SMILES string of the molecule is O=C(Nc1ccc(Oc2ccc(Cl)cn2)c(Cl)c1)c1cc2ccccc2[nH]1. The Hall–Kier alpha value is -3.02. The molecule has 0 aliphatic carbocycles. The number of anilines is 1. The number of aromatic amines is 1. The first-order valence-corrected chi connectivity index (χ1v) is 8.82. The Labute approximate surface area is 164 Å². The first kappa shape index (κ1) is 17.4. The highest BCUT2D eigenvalue weighted by Gasteiger charge is 2.11. The molecule has 27 heavy (non-hydrogen) atoms. The van der Waals surface area contributed by atoms with Crippen molar-refractivity contribution in [2.45, 2.75) is 0 Å². The van der Waals surface area contributed by atoms with Crippen molar-refractivity contribution in [1.82, 2.24) is 9.97 Å². The molecule has 2 heterocycles. The number of amides is 1. The van der Waals surface area contributed by atoms with Gasteiger partial charge >= 0.3 is 0 Å². The van der Waals surface area contributed by atoms with Crippen LogP contribution in [0.4, 0.5) is 5.69 Å². The summed E-state index contributed by atoms with van der Waals surface area (Å²) in [6.07, 6.45) is 1.49. The van der Waals surface area contributed by atoms with E-state index >= 15 is 0 Å². The van der Waals surface area contributed by atoms with Crippen molar-refractivity contribution in [3.05, 3.63) is 82.6 Å². The number of pyridine rings is 1. The lowest BCUT2D eigenvalue weighted by atomic mass is 10.2. The molecule has 0 fully saturated rings. The standard InChI is InChI=1S/C20H13Cl2N3O2/c21-13-5-8-19(23-11-13)27-18-7-6-14(10-15(18)22)24-20(26)17-9-12-3-1-2-4-16(12)25-17/h1-11,25H,(H,24,26). The molecule has 0 saturated carbocycles. The number of H-pyrrole nitrogens is 1. The summed E-state index contributed by atoms with van der Waals surface area (Å²) >= 11 is 12.1. The van der Waals surface area contributed by atoms with Crippen LogP contribution in [-0.4, -0.2) is 15.9 Å². The Bertz CT molecular complexity index is 1090. The van der Waals surface area contributed by atoms with Crippen LogP contribution < -0.4 is 10.1 Å². The van der Waals surface area contributed by atoms with E-state index in [-0.39, 0.29) is 5.91 Å². The minimum absolute atomic E-state index is 0.254. The topological polar surface area (TPSA) is 67.0 Å². The van der Waals surface area contributed by atoms with Crippen LogP contribution in [0.1, 0.15) is 10.5 Å². The molecule has 2 N–H and O–H groups in total. The van der Waals surface area contributed by atoms with Gasteiger partial charge in [0.05, 0.1) is 10.0 Å². The average molecular weight is 398 g/mol. The number of ether oxygens (including phenoxy) is 1. The van der Waals surface area contributed by atoms with Gasteiger partial charge < -0.3 is 15.0 Å². The van der Waals surface area contributed by atoms with Gasteiger partial charge in [-0.2, -0.15) is 0 Å². The van der Waals surface area contributed by atoms with Gasteiger partial charge in [0.2, 0.25) is 5.88 Å². The molecule has 0 unspecified atom stereocenters. The zero-order valence-electron chi connectivity index (χ0n) is 13.9. The van der Waals surface area contributed by atoms with E-state index in [9.17, 15) is 4.79 Å². The van der Waals surface area contributed by atoms with Crippen molar-refractivity contribution >= 4 is 45.7 Å². The van der Waals surface area contributed by atoms with Crippen LogP contribution in [0.5, 0.6) is 11.6 Å². The molecule has 1 amide bonds. The number of aromatic nitrogens is 2. The summed E-state index contributed by atoms with van der Waals surface area (Å²) in [6.45, 7) is 0. The molecule has 0 spiro atoms. The fourth-order valence-electron chi connectivity index (χ4n) is 2.59. The molecule has 2 aromatic carbocycles. The minimum atomic E-state index is -0.254. The molecule has 0 saturated heterocycles. The number of hydrogen-bond acceptors (Lipinski definition) is 3. The summed E-state index contributed by atoms with van der Waals surface area (Å²) in [4.78, 5) is 19.6. The maximum atomic E-state index is 12.5. The zero-order chi connectivity index (χ0) is 18.8. The van der Waals surface area contributed by atoms with E-state index in [1.807, 2.05) is 24.3 Å². The van der Waals surface area contributed by atoms with Crippen molar-refractivity contribution in [1.29, 1.82) is 0 Å². The smallest absolute Gasteiger partial charge is 0.272 e. The van der Waals surface area contributed by atoms with Crippen LogP contribution in [0.25, 0.3) is 10.9 Å². The third-order valence-corrected chi connectivity index (χ3v) is 4.40. The number of hydrogen-bond donors (Lipinski definition) is 2. The van der Waals surface area contributed by atoms with Gasteiger partial charge in [-0.25, -0.2) is 4.98 Å². The lowest BCUT2D eigenvalue weighted by Gasteiger charge is -2.09. The fraction of sp³-hybridized carbons (Fsp3) is 0. The maximum absolute atomic E-state index is 12.5. The van der Waals surface area contributed by atoms with Crippen molar-refractivity contribution in [2.24, 2.45) is 0 Å². The van der Waals surface area contributed by atoms with E-state index in [0.29, 0.717) is 33.1 Å². The number of para-hydroxylation sites is 1. The normalized spacial score (nSPS) is 10.7. The fourth-order valence-corrected chi connectivity index (χ4v) is 2.92. The monoisotopic (exact) mass is 397 g/mol. The van der Waals surface area contributed by atoms with Gasteiger partial charge in [0.15, 0.2) is 0 Å². The molecular weight excluding hydrogens is 385 g/mol. The predicted octanol–water partition coefficient (Wildman–Crippen LogP) is 5.91. The second-order valence-corrected chi connectivity index (χ2v) is 6.63. The van der Waals surface area contributed by atoms with Crippen LogP contribution in [0.15, 0.2) is 66.9 Å². The van der Waals surface area contributed by atoms with Crippen LogP contribution in [0.3, 0.4) is 0 Å². The van der Waals surface area contributed by atoms with E-state index in [2.05, 4.69) is 15.3 Å². The molecule has 0 atom stereocenters. The maximum Gasteiger partial charge on any atom is 0.272 e. The summed E-state index contributed by atoms with van der Waals surface area (Å²) in [7, 11) is 0. The summed E-state index contributed by atoms with van der Waals surface area (Å²) in [6, 6.07) is 17.8. The number of nitrogens with zero attached hydrogens (tertiary/aromatic N) is 1. The Balaban J connectivity index is 1.50. The third kappa shape index (κ3) is 3.89. The second-order valence-electron chi connectivity index (χ2n) is 5.79. The highest BCUT2D eigenvalue weighted by molar-refractivity contribution is 6.32. The van der Waals surface area contributed by atoms with Gasteiger partial charge in [-0.3, -0.25) is 4.79 Å². The number of carbonyl (C=O) groups is 1. The number of halogens is 2. The van der Waals surface area contributed by atoms with Crippen molar-refractivity contribution in [3.8, 4) is 11.6 Å². The van der Waals surface area contributed by atoms with Gasteiger partial charge in [-0.15, -0.1) is 0 Å². The molecule has 134 valence electrons. The number of carbonyl (C=O) groups excluding carboxylic acids is 1. The van der Waals surface area contributed by atoms with Crippen LogP contribution in [0, 0.1) is 0 Å². The van der Waals surface area contributed by atoms with Crippen molar-refractivity contribution in [3.63, 3.8) is 0 Å². The zero-order valence-corrected chi connectivity index (χ0v) is 15.4. The van der Waals surface area contributed by atoms with Gasteiger partial charge in [0.25, 0.3) is 5.91 Å². The lowest BCUT2D eigenvalue weighted by molar-refractivity contribution is 0.102. The predicted molar refractivity (Wildman–Crippen MR) is 107 cm³/mol. The molecular formula is C20H13Cl2N3O2. The number of fused-ring (bicyclic) bond motifs is 1. The number of rotatable bonds is 4. The number of benzene rings is 2. The molecule has 0 radical (unpaired) electrons. The second kappa shape index (κ2) is 7.31. The van der Waals surface area contributed by atoms with E-state index in [1.54, 1.807) is 36.4 Å². The number of nitrogens with one attached hydrogen (secondary N) is 2. The molecule has 5 nitrogen and oxygen atoms in total. The quantitative estimate of drug-likeness (QED) is 0.449. The Morgan fingerprint density at radius 1 is 1.04 bits per heavy atom. The lowest BCUT2D eigenvalue weighted by Crippen LogP contribution is -2.12. The molecule has 4 aromatic rings. The van der Waals surface area contributed by atoms with Crippen molar-refractivity contribution < 1.29 is 9.53 Å². The van der Waals surface area contributed by atoms with Gasteiger partial charge in [0.1, 0.15) is 11.4 Å². The first-order chi connectivity index (χ1) is 13.1. The van der Waals surface area contributed by atoms with E-state index in [0.717, 1.165) is 10.9 Å². The minimum Gasteiger partial charge on any atom is -0.437 e. The molecule has 0 bridgehead atoms. The van der Waals surface area contributed by atoms with Gasteiger partial charge in [-0.05, 0) is 36.4 Å². The molecule has 7 heteroatoms. The van der Waals surface area contributed by atoms with Gasteiger partial charge in [-0.1, -0.05) is 41.4 Å². The van der Waals surface area contributed by atoms with Crippen molar-refractivity contribution in [2.75, 3.05) is 5.32 Å². The highest BCUT2D eigenvalue weighted by Crippen LogP contribution is 2.31. The highest BCUT2D eigenvalue weighted by atomic mass is 35.5. The summed E-state index contributed by atoms with van der Waals surface area (Å²) in [5, 5.41) is 4.65. The largest absolute Gasteiger partial charge is 0.437 e. The molecule has 0 aliphatic heterocycles. The van der Waals surface area contributed by atoms with E-state index in [4.69, 9.17) is 27.9 Å². The molecule has 2 aromatic heterocycles. The Morgan fingerprint density at radius 3 is 2.63 bits per heavy atom. The third-order valence-electron chi connectivity index (χ3n) is 3.88. The van der Waals surface area contributed by atoms with E-state index < -0.39 is 0 Å². The average Bonchev–Trinajstić information content (AvgIpc) is 3.10. The van der Waals surface area contributed by atoms with E-state index in [1.165, 1.54) is 6.20 Å². The summed E-state index contributed by atoms with van der Waals surface area (Å²) in [5.74, 6) is 0.543. The summed E-state index contributed by atoms with van der Waals surface area (Å²) < 4.78 is 5.63.